The number of hydrogen-bond donors (Lipinski definition) is 0. The topological polar surface area (TPSA) is 8.17 Å². The molecule has 0 unspecified atom stereocenters. The average molecular weight is 769 g/mol. The molecule has 0 N–H and O–H groups in total. The number of fused-ring (bicyclic) bond motifs is 8. The zero-order valence-electron chi connectivity index (χ0n) is 34.4. The molecule has 2 aliphatic carbocycles. The summed E-state index contributed by atoms with van der Waals surface area (Å²) >= 11 is 0. The van der Waals surface area contributed by atoms with Crippen LogP contribution in [0.1, 0.15) is 49.9 Å². The molecule has 9 aromatic carbocycles. The van der Waals surface area contributed by atoms with E-state index < -0.39 is 0 Å². The van der Waals surface area contributed by atoms with Crippen LogP contribution in [0.5, 0.6) is 0 Å². The van der Waals surface area contributed by atoms with Gasteiger partial charge in [-0.25, -0.2) is 0 Å². The second kappa shape index (κ2) is 12.7. The summed E-state index contributed by atoms with van der Waals surface area (Å²) in [5.74, 6) is 0. The lowest BCUT2D eigenvalue weighted by Crippen LogP contribution is -2.23. The van der Waals surface area contributed by atoms with E-state index in [0.717, 1.165) is 17.1 Å². The molecule has 2 heteroatoms. The number of hydrogen-bond acceptors (Lipinski definition) is 1. The van der Waals surface area contributed by atoms with Gasteiger partial charge in [0.05, 0.1) is 16.7 Å². The van der Waals surface area contributed by atoms with E-state index in [4.69, 9.17) is 0 Å². The lowest BCUT2D eigenvalue weighted by atomic mass is 9.68. The number of rotatable bonds is 5. The molecular weight excluding hydrogens is 725 g/mol. The average Bonchev–Trinajstić information content (AvgIpc) is 3.73. The SMILES string of the molecule is CC1(C)c2ccccc2-c2c(N(c3ccc(-c4ccccc4)cc3)c3ccc4c(c3)c3cc5c(cc3n4-c3ccccc3)C(C)(C)c3cccc4cccc-5c34)cccc21. The summed E-state index contributed by atoms with van der Waals surface area (Å²) in [4.78, 5) is 2.50. The van der Waals surface area contributed by atoms with Gasteiger partial charge in [0.25, 0.3) is 0 Å². The van der Waals surface area contributed by atoms with Crippen LogP contribution >= 0.6 is 0 Å². The fourth-order valence-corrected chi connectivity index (χ4v) is 10.8. The molecule has 60 heavy (non-hydrogen) atoms. The van der Waals surface area contributed by atoms with Gasteiger partial charge in [0.2, 0.25) is 0 Å². The fraction of sp³-hybridized carbons (Fsp3) is 0.103. The van der Waals surface area contributed by atoms with Gasteiger partial charge in [0.1, 0.15) is 0 Å². The van der Waals surface area contributed by atoms with Gasteiger partial charge in [0.15, 0.2) is 0 Å². The Morgan fingerprint density at radius 2 is 1.00 bits per heavy atom. The number of aromatic nitrogens is 1. The molecule has 0 saturated heterocycles. The van der Waals surface area contributed by atoms with E-state index in [1.165, 1.54) is 93.9 Å². The Kier molecular flexibility index (Phi) is 7.36. The van der Waals surface area contributed by atoms with Gasteiger partial charge < -0.3 is 9.47 Å². The van der Waals surface area contributed by atoms with Crippen molar-refractivity contribution in [2.45, 2.75) is 38.5 Å². The molecule has 0 bridgehead atoms. The third-order valence-electron chi connectivity index (χ3n) is 13.8. The summed E-state index contributed by atoms with van der Waals surface area (Å²) in [6, 6.07) is 72.3. The Bertz CT molecular complexity index is 3340. The molecule has 1 heterocycles. The lowest BCUT2D eigenvalue weighted by Gasteiger charge is -2.35. The highest BCUT2D eigenvalue weighted by molar-refractivity contribution is 6.14. The molecule has 0 saturated carbocycles. The van der Waals surface area contributed by atoms with Crippen LogP contribution in [0, 0.1) is 0 Å². The molecule has 0 spiro atoms. The smallest absolute Gasteiger partial charge is 0.0544 e. The molecule has 10 aromatic rings. The van der Waals surface area contributed by atoms with E-state index in [9.17, 15) is 0 Å². The van der Waals surface area contributed by atoms with Crippen LogP contribution in [0.3, 0.4) is 0 Å². The molecule has 0 fully saturated rings. The van der Waals surface area contributed by atoms with Crippen LogP contribution in [-0.2, 0) is 10.8 Å². The van der Waals surface area contributed by atoms with Crippen molar-refractivity contribution in [3.8, 4) is 39.1 Å². The molecule has 0 aliphatic heterocycles. The van der Waals surface area contributed by atoms with Gasteiger partial charge >= 0.3 is 0 Å². The van der Waals surface area contributed by atoms with Crippen LogP contribution in [0.4, 0.5) is 17.1 Å². The highest BCUT2D eigenvalue weighted by atomic mass is 15.1. The van der Waals surface area contributed by atoms with Crippen LogP contribution in [-0.4, -0.2) is 4.57 Å². The van der Waals surface area contributed by atoms with Gasteiger partial charge in [-0.3, -0.25) is 0 Å². The molecule has 1 aromatic heterocycles. The Balaban J connectivity index is 1.14. The maximum absolute atomic E-state index is 2.50. The van der Waals surface area contributed by atoms with Crippen molar-refractivity contribution in [1.82, 2.24) is 4.57 Å². The van der Waals surface area contributed by atoms with Crippen molar-refractivity contribution in [3.63, 3.8) is 0 Å². The minimum atomic E-state index is -0.180. The van der Waals surface area contributed by atoms with Crippen molar-refractivity contribution in [3.05, 3.63) is 216 Å². The lowest BCUT2D eigenvalue weighted by molar-refractivity contribution is 0.646. The van der Waals surface area contributed by atoms with E-state index in [1.807, 2.05) is 0 Å². The number of nitrogens with zero attached hydrogens (tertiary/aromatic N) is 2. The molecule has 12 rings (SSSR count). The highest BCUT2D eigenvalue weighted by Gasteiger charge is 2.38. The van der Waals surface area contributed by atoms with Crippen LogP contribution in [0.15, 0.2) is 194 Å². The largest absolute Gasteiger partial charge is 0.310 e. The summed E-state index contributed by atoms with van der Waals surface area (Å²) in [6.07, 6.45) is 0. The summed E-state index contributed by atoms with van der Waals surface area (Å²) in [5, 5.41) is 5.16. The second-order valence-corrected chi connectivity index (χ2v) is 17.7. The van der Waals surface area contributed by atoms with Gasteiger partial charge in [0, 0.05) is 44.2 Å². The summed E-state index contributed by atoms with van der Waals surface area (Å²) in [7, 11) is 0. The maximum Gasteiger partial charge on any atom is 0.0544 e. The minimum Gasteiger partial charge on any atom is -0.310 e. The minimum absolute atomic E-state index is 0.119. The van der Waals surface area contributed by atoms with E-state index in [2.05, 4.69) is 231 Å². The molecule has 2 aliphatic rings. The fourth-order valence-electron chi connectivity index (χ4n) is 10.8. The van der Waals surface area contributed by atoms with Gasteiger partial charge in [-0.2, -0.15) is 0 Å². The Hall–Kier alpha value is -7.16. The standard InChI is InChI=1S/C58H44N2/c1-57(2)48-24-12-11-22-44(48)56-50(57)26-15-27-53(56)59(41-30-28-38(29-31-41)37-16-7-5-8-17-37)42-32-33-52-46(34-42)47-35-45-43-23-13-18-39-19-14-25-49(55(39)43)58(3,4)51(45)36-54(47)60(52)40-20-9-6-10-21-40/h5-36H,1-4H3. The number of para-hydroxylation sites is 1. The molecule has 0 radical (unpaired) electrons. The quantitative estimate of drug-likeness (QED) is 0.169. The summed E-state index contributed by atoms with van der Waals surface area (Å²) in [6.45, 7) is 9.53. The van der Waals surface area contributed by atoms with E-state index in [0.29, 0.717) is 0 Å². The molecule has 0 amide bonds. The first-order valence-electron chi connectivity index (χ1n) is 21.2. The predicted octanol–water partition coefficient (Wildman–Crippen LogP) is 15.7. The van der Waals surface area contributed by atoms with Gasteiger partial charge in [-0.05, 0) is 122 Å². The van der Waals surface area contributed by atoms with Gasteiger partial charge in [-0.15, -0.1) is 0 Å². The molecule has 286 valence electrons. The Morgan fingerprint density at radius 1 is 0.400 bits per heavy atom. The first-order chi connectivity index (χ1) is 29.3. The zero-order chi connectivity index (χ0) is 40.3. The predicted molar refractivity (Wildman–Crippen MR) is 254 cm³/mol. The zero-order valence-corrected chi connectivity index (χ0v) is 34.4. The van der Waals surface area contributed by atoms with Crippen molar-refractivity contribution in [2.75, 3.05) is 4.90 Å². The van der Waals surface area contributed by atoms with E-state index in [-0.39, 0.29) is 10.8 Å². The third kappa shape index (κ3) is 4.88. The second-order valence-electron chi connectivity index (χ2n) is 17.7. The maximum atomic E-state index is 2.50. The highest BCUT2D eigenvalue weighted by Crippen LogP contribution is 2.55. The summed E-state index contributed by atoms with van der Waals surface area (Å²) < 4.78 is 2.48. The Morgan fingerprint density at radius 3 is 1.80 bits per heavy atom. The first-order valence-corrected chi connectivity index (χ1v) is 21.2. The van der Waals surface area contributed by atoms with E-state index >= 15 is 0 Å². The van der Waals surface area contributed by atoms with Crippen molar-refractivity contribution in [2.24, 2.45) is 0 Å². The first kappa shape index (κ1) is 34.8. The number of benzene rings is 9. The van der Waals surface area contributed by atoms with Crippen LogP contribution < -0.4 is 4.90 Å². The van der Waals surface area contributed by atoms with E-state index in [1.54, 1.807) is 0 Å². The van der Waals surface area contributed by atoms with Gasteiger partial charge in [-0.1, -0.05) is 161 Å². The molecule has 0 atom stereocenters. The van der Waals surface area contributed by atoms with Crippen LogP contribution in [0.2, 0.25) is 0 Å². The molecule has 2 nitrogen and oxygen atoms in total. The normalized spacial score (nSPS) is 14.3. The van der Waals surface area contributed by atoms with Crippen molar-refractivity contribution in [1.29, 1.82) is 0 Å². The Labute approximate surface area is 351 Å². The third-order valence-corrected chi connectivity index (χ3v) is 13.8. The van der Waals surface area contributed by atoms with Crippen molar-refractivity contribution >= 4 is 49.6 Å². The monoisotopic (exact) mass is 768 g/mol. The van der Waals surface area contributed by atoms with Crippen molar-refractivity contribution < 1.29 is 0 Å². The summed E-state index contributed by atoms with van der Waals surface area (Å²) in [5.41, 5.74) is 19.9. The number of anilines is 3. The molecular formula is C58H44N2. The van der Waals surface area contributed by atoms with Crippen LogP contribution in [0.25, 0.3) is 71.6 Å².